The summed E-state index contributed by atoms with van der Waals surface area (Å²) >= 11 is 3.26. The fourth-order valence-corrected chi connectivity index (χ4v) is 1.86. The Morgan fingerprint density at radius 1 is 1.62 bits per heavy atom. The van der Waals surface area contributed by atoms with Crippen LogP contribution < -0.4 is 5.73 Å². The molecule has 0 saturated carbocycles. The standard InChI is InChI=1S/C11H11BrN2O2/c1-2-16-11(15)10-7(5-13)3-9(12)4-8(10)6-14/h3-4H,2,5,13H2,1H3. The lowest BCUT2D eigenvalue weighted by atomic mass is 10.0. The second kappa shape index (κ2) is 5.64. The molecule has 0 bridgehead atoms. The molecule has 0 aliphatic rings. The Kier molecular flexibility index (Phi) is 4.47. The zero-order valence-electron chi connectivity index (χ0n) is 8.79. The van der Waals surface area contributed by atoms with Crippen molar-refractivity contribution in [3.63, 3.8) is 0 Å². The Labute approximate surface area is 102 Å². The predicted octanol–water partition coefficient (Wildman–Crippen LogP) is 1.96. The summed E-state index contributed by atoms with van der Waals surface area (Å²) in [6, 6.07) is 5.25. The van der Waals surface area contributed by atoms with Crippen molar-refractivity contribution in [3.05, 3.63) is 33.3 Å². The van der Waals surface area contributed by atoms with Crippen molar-refractivity contribution in [3.8, 4) is 6.07 Å². The average Bonchev–Trinajstić information content (AvgIpc) is 2.27. The molecule has 0 atom stereocenters. The van der Waals surface area contributed by atoms with Crippen LogP contribution in [0.4, 0.5) is 0 Å². The van der Waals surface area contributed by atoms with Crippen LogP contribution in [-0.2, 0) is 11.3 Å². The van der Waals surface area contributed by atoms with Gasteiger partial charge in [-0.2, -0.15) is 5.26 Å². The third-order valence-corrected chi connectivity index (χ3v) is 2.46. The summed E-state index contributed by atoms with van der Waals surface area (Å²) < 4.78 is 5.61. The van der Waals surface area contributed by atoms with Crippen LogP contribution in [0.1, 0.15) is 28.4 Å². The summed E-state index contributed by atoms with van der Waals surface area (Å²) in [4.78, 5) is 11.7. The van der Waals surface area contributed by atoms with E-state index in [1.54, 1.807) is 19.1 Å². The molecule has 0 fully saturated rings. The van der Waals surface area contributed by atoms with Crippen LogP contribution >= 0.6 is 15.9 Å². The Hall–Kier alpha value is -1.38. The van der Waals surface area contributed by atoms with Gasteiger partial charge in [0.15, 0.2) is 0 Å². The van der Waals surface area contributed by atoms with E-state index in [4.69, 9.17) is 15.7 Å². The average molecular weight is 283 g/mol. The molecule has 0 unspecified atom stereocenters. The normalized spacial score (nSPS) is 9.62. The van der Waals surface area contributed by atoms with E-state index in [1.807, 2.05) is 6.07 Å². The zero-order chi connectivity index (χ0) is 12.1. The van der Waals surface area contributed by atoms with Gasteiger partial charge < -0.3 is 10.5 Å². The lowest BCUT2D eigenvalue weighted by Gasteiger charge is -2.09. The van der Waals surface area contributed by atoms with Gasteiger partial charge in [-0.25, -0.2) is 4.79 Å². The molecule has 16 heavy (non-hydrogen) atoms. The quantitative estimate of drug-likeness (QED) is 0.860. The minimum absolute atomic E-state index is 0.183. The first-order valence-electron chi connectivity index (χ1n) is 4.73. The highest BCUT2D eigenvalue weighted by molar-refractivity contribution is 9.10. The summed E-state index contributed by atoms with van der Waals surface area (Å²) in [5, 5.41) is 8.96. The third-order valence-electron chi connectivity index (χ3n) is 2.00. The van der Waals surface area contributed by atoms with Crippen molar-refractivity contribution < 1.29 is 9.53 Å². The van der Waals surface area contributed by atoms with Gasteiger partial charge in [-0.15, -0.1) is 0 Å². The van der Waals surface area contributed by atoms with E-state index in [1.165, 1.54) is 0 Å². The molecule has 1 aromatic carbocycles. The fraction of sp³-hybridized carbons (Fsp3) is 0.273. The van der Waals surface area contributed by atoms with Gasteiger partial charge >= 0.3 is 5.97 Å². The number of nitrogens with zero attached hydrogens (tertiary/aromatic N) is 1. The first kappa shape index (κ1) is 12.7. The van der Waals surface area contributed by atoms with E-state index in [0.29, 0.717) is 5.56 Å². The maximum Gasteiger partial charge on any atom is 0.339 e. The second-order valence-corrected chi connectivity index (χ2v) is 3.94. The number of carbonyl (C=O) groups excluding carboxylic acids is 1. The molecule has 1 aromatic rings. The monoisotopic (exact) mass is 282 g/mol. The predicted molar refractivity (Wildman–Crippen MR) is 62.7 cm³/mol. The van der Waals surface area contributed by atoms with E-state index in [0.717, 1.165) is 4.47 Å². The number of hydrogen-bond donors (Lipinski definition) is 1. The van der Waals surface area contributed by atoms with E-state index >= 15 is 0 Å². The largest absolute Gasteiger partial charge is 0.462 e. The highest BCUT2D eigenvalue weighted by atomic mass is 79.9. The molecule has 0 aromatic heterocycles. The van der Waals surface area contributed by atoms with Gasteiger partial charge in [-0.1, -0.05) is 15.9 Å². The van der Waals surface area contributed by atoms with E-state index < -0.39 is 5.97 Å². The molecule has 0 saturated heterocycles. The SMILES string of the molecule is CCOC(=O)c1c(C#N)cc(Br)cc1CN. The summed E-state index contributed by atoms with van der Waals surface area (Å²) in [6.07, 6.45) is 0. The molecule has 0 radical (unpaired) electrons. The molecule has 84 valence electrons. The van der Waals surface area contributed by atoms with Gasteiger partial charge in [0.1, 0.15) is 6.07 Å². The van der Waals surface area contributed by atoms with Crippen molar-refractivity contribution >= 4 is 21.9 Å². The van der Waals surface area contributed by atoms with E-state index in [-0.39, 0.29) is 24.3 Å². The van der Waals surface area contributed by atoms with Crippen molar-refractivity contribution in [1.29, 1.82) is 5.26 Å². The number of nitriles is 1. The molecule has 0 spiro atoms. The molecule has 4 nitrogen and oxygen atoms in total. The molecule has 0 heterocycles. The van der Waals surface area contributed by atoms with Crippen molar-refractivity contribution in [1.82, 2.24) is 0 Å². The number of esters is 1. The van der Waals surface area contributed by atoms with E-state index in [9.17, 15) is 4.79 Å². The highest BCUT2D eigenvalue weighted by Gasteiger charge is 2.17. The first-order valence-corrected chi connectivity index (χ1v) is 5.53. The molecular formula is C11H11BrN2O2. The topological polar surface area (TPSA) is 76.1 Å². The van der Waals surface area contributed by atoms with Crippen LogP contribution in [0.15, 0.2) is 16.6 Å². The third kappa shape index (κ3) is 2.60. The van der Waals surface area contributed by atoms with Crippen LogP contribution in [0.5, 0.6) is 0 Å². The first-order chi connectivity index (χ1) is 7.63. The van der Waals surface area contributed by atoms with Gasteiger partial charge in [-0.3, -0.25) is 0 Å². The summed E-state index contributed by atoms with van der Waals surface area (Å²) in [5.74, 6) is -0.507. The van der Waals surface area contributed by atoms with Crippen molar-refractivity contribution in [2.75, 3.05) is 6.61 Å². The Morgan fingerprint density at radius 3 is 2.81 bits per heavy atom. The lowest BCUT2D eigenvalue weighted by Crippen LogP contribution is -2.13. The van der Waals surface area contributed by atoms with Crippen LogP contribution in [0, 0.1) is 11.3 Å². The fourth-order valence-electron chi connectivity index (χ4n) is 1.36. The van der Waals surface area contributed by atoms with Gasteiger partial charge in [0.2, 0.25) is 0 Å². The number of nitrogens with two attached hydrogens (primary N) is 1. The molecule has 0 aliphatic heterocycles. The van der Waals surface area contributed by atoms with Gasteiger partial charge in [0.05, 0.1) is 17.7 Å². The number of hydrogen-bond acceptors (Lipinski definition) is 4. The number of halogens is 1. The molecule has 5 heteroatoms. The minimum atomic E-state index is -0.507. The van der Waals surface area contributed by atoms with Crippen LogP contribution in [-0.4, -0.2) is 12.6 Å². The smallest absolute Gasteiger partial charge is 0.339 e. The van der Waals surface area contributed by atoms with Crippen LogP contribution in [0.2, 0.25) is 0 Å². The van der Waals surface area contributed by atoms with Crippen molar-refractivity contribution in [2.24, 2.45) is 5.73 Å². The Morgan fingerprint density at radius 2 is 2.31 bits per heavy atom. The second-order valence-electron chi connectivity index (χ2n) is 3.02. The molecule has 1 rings (SSSR count). The lowest BCUT2D eigenvalue weighted by molar-refractivity contribution is 0.0524. The highest BCUT2D eigenvalue weighted by Crippen LogP contribution is 2.22. The zero-order valence-corrected chi connectivity index (χ0v) is 10.4. The Balaban J connectivity index is 3.34. The van der Waals surface area contributed by atoms with Crippen molar-refractivity contribution in [2.45, 2.75) is 13.5 Å². The van der Waals surface area contributed by atoms with Gasteiger partial charge in [-0.05, 0) is 24.6 Å². The summed E-state index contributed by atoms with van der Waals surface area (Å²) in [6.45, 7) is 2.16. The molecular weight excluding hydrogens is 272 g/mol. The van der Waals surface area contributed by atoms with Crippen LogP contribution in [0.3, 0.4) is 0 Å². The van der Waals surface area contributed by atoms with Gasteiger partial charge in [0.25, 0.3) is 0 Å². The number of carbonyl (C=O) groups is 1. The van der Waals surface area contributed by atoms with Gasteiger partial charge in [0, 0.05) is 11.0 Å². The van der Waals surface area contributed by atoms with E-state index in [2.05, 4.69) is 15.9 Å². The summed E-state index contributed by atoms with van der Waals surface area (Å²) in [7, 11) is 0. The maximum absolute atomic E-state index is 11.7. The van der Waals surface area contributed by atoms with Crippen LogP contribution in [0.25, 0.3) is 0 Å². The number of ether oxygens (including phenoxy) is 1. The molecule has 0 amide bonds. The number of benzene rings is 1. The molecule has 0 aliphatic carbocycles. The number of rotatable bonds is 3. The molecule has 2 N–H and O–H groups in total. The Bertz CT molecular complexity index is 452. The maximum atomic E-state index is 11.7. The minimum Gasteiger partial charge on any atom is -0.462 e. The summed E-state index contributed by atoms with van der Waals surface area (Å²) in [5.41, 5.74) is 6.67.